The summed E-state index contributed by atoms with van der Waals surface area (Å²) < 4.78 is 62.3. The standard InChI is InChI=1S/C105H136N6O14/c1-8-15-19-23-27-31-35-39-43-47-68-72-51-74-69(48-44-40-36-32-28-24-20-16-9-2)76-53-78-71(50-46-42-38-34-30-26-22-18-11-4)79-54-77-70(49-45-41-37-33-29-25-21-17-10-3)75-52-73(68)87(113)62-89(75)121-95-56-81-83(109-101(107-81)66-104(115)118-13-6)58-97(95)123-91(77)64-93(79)125-99-60-85-84(110-102(111-85)67-105(116)119-14-7)59-98(99)124-92(78)63-90(76)122-96-57-82-80(55-94(96)120-88(74)61-86(72)112)106-100(108-82)65-103(114)117-12-5/h51-64,68-71,112-113H,8-50,65-67H2,1-7H3,(H,106,108)(H,107,109)(H,110,111). The summed E-state index contributed by atoms with van der Waals surface area (Å²) in [5.74, 6) is 3.32. The number of phenols is 2. The number of hydrogen-bond acceptors (Lipinski definition) is 17. The predicted octanol–water partition coefficient (Wildman–Crippen LogP) is 29.3. The van der Waals surface area contributed by atoms with Crippen LogP contribution >= 0.6 is 0 Å². The summed E-state index contributed by atoms with van der Waals surface area (Å²) in [4.78, 5) is 65.0. The van der Waals surface area contributed by atoms with E-state index >= 15 is 0 Å². The lowest BCUT2D eigenvalue weighted by atomic mass is 9.76. The number of aromatic nitrogens is 6. The van der Waals surface area contributed by atoms with E-state index in [1.54, 1.807) is 20.8 Å². The fourth-order valence-corrected chi connectivity index (χ4v) is 19.4. The van der Waals surface area contributed by atoms with Gasteiger partial charge in [-0.2, -0.15) is 0 Å². The van der Waals surface area contributed by atoms with Crippen LogP contribution in [0.4, 0.5) is 0 Å². The molecule has 5 N–H and O–H groups in total. The normalized spacial score (nSPS) is 15.3. The van der Waals surface area contributed by atoms with Gasteiger partial charge in [0.2, 0.25) is 0 Å². The first-order valence-electron chi connectivity index (χ1n) is 48.4. The summed E-state index contributed by atoms with van der Waals surface area (Å²) >= 11 is 0. The highest BCUT2D eigenvalue weighted by atomic mass is 16.6. The number of ether oxygens (including phenoxy) is 9. The molecule has 0 fully saturated rings. The van der Waals surface area contributed by atoms with Gasteiger partial charge in [0.25, 0.3) is 0 Å². The first-order chi connectivity index (χ1) is 61.2. The number of esters is 3. The van der Waals surface area contributed by atoms with E-state index < -0.39 is 41.6 Å². The number of rotatable bonds is 49. The van der Waals surface area contributed by atoms with E-state index in [-0.39, 0.29) is 50.6 Å². The molecule has 20 nitrogen and oxygen atoms in total. The van der Waals surface area contributed by atoms with Crippen LogP contribution in [0.2, 0.25) is 0 Å². The summed E-state index contributed by atoms with van der Waals surface area (Å²) in [5, 5.41) is 27.3. The Hall–Kier alpha value is -10.2. The second-order valence-electron chi connectivity index (χ2n) is 35.5. The second-order valence-corrected chi connectivity index (χ2v) is 35.5. The molecule has 14 rings (SSSR count). The maximum absolute atomic E-state index is 13.6. The smallest absolute Gasteiger partial charge is 0.313 e. The SMILES string of the molecule is CCCCCCCCCCCC1c2cc3c(cc2O)Oc2cc4nc(CC(=O)OCC)[nH]c4cc2Oc2cc4c(cc2C3CCCCCCCCCCC)C(CCCCCCCCCCC)c2cc3c(cc2Oc2cc5[nH]c(CC(=O)OCC)nc5cc2O4)Oc2cc4nc(CC(=O)OCC)[nH]c4cc2Oc2cc(O)c1cc2C3CCCCCCCCCCC. The van der Waals surface area contributed by atoms with Crippen molar-refractivity contribution in [3.05, 3.63) is 147 Å². The van der Waals surface area contributed by atoms with E-state index in [4.69, 9.17) is 57.6 Å². The Bertz CT molecular complexity index is 4980. The van der Waals surface area contributed by atoms with Gasteiger partial charge in [-0.1, -0.05) is 259 Å². The Morgan fingerprint density at radius 2 is 0.472 bits per heavy atom. The maximum Gasteiger partial charge on any atom is 0.313 e. The van der Waals surface area contributed by atoms with Crippen LogP contribution in [0, 0.1) is 0 Å². The lowest BCUT2D eigenvalue weighted by molar-refractivity contribution is -0.143. The fourth-order valence-electron chi connectivity index (χ4n) is 19.4. The lowest BCUT2D eigenvalue weighted by Gasteiger charge is -2.30. The van der Waals surface area contributed by atoms with E-state index in [9.17, 15) is 24.6 Å². The van der Waals surface area contributed by atoms with Crippen molar-refractivity contribution in [1.82, 2.24) is 29.9 Å². The Kier molecular flexibility index (Phi) is 32.9. The molecule has 1 aliphatic carbocycles. The summed E-state index contributed by atoms with van der Waals surface area (Å²) in [7, 11) is 0. The van der Waals surface area contributed by atoms with Gasteiger partial charge in [-0.15, -0.1) is 0 Å². The highest BCUT2D eigenvalue weighted by molar-refractivity contribution is 5.85. The van der Waals surface area contributed by atoms with Crippen molar-refractivity contribution in [3.63, 3.8) is 0 Å². The Morgan fingerprint density at radius 3 is 0.712 bits per heavy atom. The molecule has 4 aliphatic rings. The van der Waals surface area contributed by atoms with Crippen LogP contribution in [-0.4, -0.2) is 77.8 Å². The topological polar surface area (TPSA) is 261 Å². The van der Waals surface area contributed by atoms with Gasteiger partial charge < -0.3 is 67.8 Å². The molecule has 0 spiro atoms. The van der Waals surface area contributed by atoms with Crippen molar-refractivity contribution < 1.29 is 67.2 Å². The summed E-state index contributed by atoms with van der Waals surface area (Å²) in [5.41, 5.74) is 10.1. The number of nitrogens with one attached hydrogen (secondary N) is 3. The van der Waals surface area contributed by atoms with Crippen LogP contribution in [0.3, 0.4) is 0 Å². The molecule has 8 bridgehead atoms. The molecule has 3 aromatic heterocycles. The van der Waals surface area contributed by atoms with Gasteiger partial charge >= 0.3 is 17.9 Å². The molecule has 670 valence electrons. The number of aromatic amines is 3. The van der Waals surface area contributed by atoms with Gasteiger partial charge in [0.15, 0.2) is 34.5 Å². The molecule has 4 unspecified atom stereocenters. The molecule has 0 amide bonds. The number of phenolic OH excluding ortho intramolecular Hbond substituents is 2. The average Bonchev–Trinajstić information content (AvgIpc) is 1.69. The zero-order valence-electron chi connectivity index (χ0n) is 75.6. The lowest BCUT2D eigenvalue weighted by Crippen LogP contribution is -2.13. The second kappa shape index (κ2) is 45.3. The molecule has 20 heteroatoms. The zero-order valence-corrected chi connectivity index (χ0v) is 75.6. The predicted molar refractivity (Wildman–Crippen MR) is 494 cm³/mol. The molecule has 3 aliphatic heterocycles. The van der Waals surface area contributed by atoms with E-state index in [1.807, 2.05) is 48.5 Å². The third kappa shape index (κ3) is 23.3. The van der Waals surface area contributed by atoms with Crippen LogP contribution in [-0.2, 0) is 47.9 Å². The van der Waals surface area contributed by atoms with Crippen molar-refractivity contribution in [2.75, 3.05) is 19.8 Å². The van der Waals surface area contributed by atoms with Crippen molar-refractivity contribution in [2.45, 2.75) is 348 Å². The van der Waals surface area contributed by atoms with E-state index in [2.05, 4.69) is 79.0 Å². The molecule has 4 atom stereocenters. The Morgan fingerprint density at radius 1 is 0.264 bits per heavy atom. The monoisotopic (exact) mass is 1710 g/mol. The maximum atomic E-state index is 13.6. The summed E-state index contributed by atoms with van der Waals surface area (Å²) in [6.45, 7) is 15.1. The highest BCUT2D eigenvalue weighted by Gasteiger charge is 2.39. The Labute approximate surface area is 739 Å². The van der Waals surface area contributed by atoms with Gasteiger partial charge in [0.1, 0.15) is 82.7 Å². The number of fused-ring (bicyclic) bond motifs is 8. The number of nitrogens with zero attached hydrogens (tertiary/aromatic N) is 3. The number of aromatic hydroxyl groups is 2. The van der Waals surface area contributed by atoms with Gasteiger partial charge in [-0.3, -0.25) is 14.4 Å². The molecule has 0 saturated heterocycles. The molecule has 7 aromatic carbocycles. The van der Waals surface area contributed by atoms with Crippen LogP contribution < -0.4 is 28.4 Å². The third-order valence-corrected chi connectivity index (χ3v) is 26.0. The number of hydrogen-bond donors (Lipinski definition) is 5. The minimum absolute atomic E-state index is 0.0230. The number of H-pyrrole nitrogens is 3. The van der Waals surface area contributed by atoms with Crippen LogP contribution in [0.5, 0.6) is 80.5 Å². The number of benzene rings is 7. The number of unbranched alkanes of at least 4 members (excludes halogenated alkanes) is 32. The van der Waals surface area contributed by atoms with Gasteiger partial charge in [-0.25, -0.2) is 15.0 Å². The average molecular weight is 1710 g/mol. The van der Waals surface area contributed by atoms with Gasteiger partial charge in [0, 0.05) is 129 Å². The fraction of sp³-hybridized carbons (Fsp3) is 0.543. The molecule has 0 saturated carbocycles. The van der Waals surface area contributed by atoms with E-state index in [0.717, 1.165) is 136 Å². The van der Waals surface area contributed by atoms with Gasteiger partial charge in [0.05, 0.1) is 52.9 Å². The van der Waals surface area contributed by atoms with Crippen LogP contribution in [0.1, 0.15) is 391 Å². The highest BCUT2D eigenvalue weighted by Crippen LogP contribution is 2.59. The molecular weight excluding hydrogens is 1570 g/mol. The first-order valence-corrected chi connectivity index (χ1v) is 48.4. The summed E-state index contributed by atoms with van der Waals surface area (Å²) in [6, 6.07) is 28.1. The van der Waals surface area contributed by atoms with Gasteiger partial charge in [-0.05, 0) is 70.7 Å². The van der Waals surface area contributed by atoms with E-state index in [1.165, 1.54) is 128 Å². The van der Waals surface area contributed by atoms with E-state index in [0.29, 0.717) is 156 Å². The largest absolute Gasteiger partial charge is 0.508 e. The van der Waals surface area contributed by atoms with Crippen molar-refractivity contribution in [1.29, 1.82) is 0 Å². The number of imidazole rings is 3. The molecule has 6 heterocycles. The number of carbonyl (C=O) groups excluding carboxylic acids is 3. The first kappa shape index (κ1) is 91.0. The van der Waals surface area contributed by atoms with Crippen molar-refractivity contribution in [2.24, 2.45) is 0 Å². The van der Waals surface area contributed by atoms with Crippen molar-refractivity contribution >= 4 is 51.0 Å². The minimum atomic E-state index is -0.562. The quantitative estimate of drug-likeness (QED) is 0.0135. The third-order valence-electron chi connectivity index (χ3n) is 26.0. The molecule has 10 aromatic rings. The minimum Gasteiger partial charge on any atom is -0.508 e. The summed E-state index contributed by atoms with van der Waals surface area (Å²) in [6.07, 6.45) is 42.8. The molecule has 125 heavy (non-hydrogen) atoms. The molecule has 0 radical (unpaired) electrons. The van der Waals surface area contributed by atoms with Crippen LogP contribution in [0.25, 0.3) is 33.1 Å². The molecular formula is C105H136N6O14. The van der Waals surface area contributed by atoms with Crippen molar-refractivity contribution in [3.8, 4) is 80.5 Å². The Balaban J connectivity index is 1.06. The zero-order chi connectivity index (χ0) is 87.0. The van der Waals surface area contributed by atoms with Crippen LogP contribution in [0.15, 0.2) is 84.9 Å². The number of carbonyl (C=O) groups is 3.